The Morgan fingerprint density at radius 3 is 3.00 bits per heavy atom. The average molecular weight is 323 g/mol. The molecule has 24 heavy (non-hydrogen) atoms. The molecule has 126 valence electrons. The molecule has 1 saturated heterocycles. The van der Waals surface area contributed by atoms with E-state index in [4.69, 9.17) is 4.74 Å². The molecule has 1 aromatic carbocycles. The quantitative estimate of drug-likeness (QED) is 0.887. The van der Waals surface area contributed by atoms with Gasteiger partial charge in [0.25, 0.3) is 0 Å². The first-order valence-electron chi connectivity index (χ1n) is 8.93. The molecule has 0 amide bonds. The zero-order valence-corrected chi connectivity index (χ0v) is 14.1. The smallest absolute Gasteiger partial charge is 0.122 e. The van der Waals surface area contributed by atoms with Gasteiger partial charge in [0.15, 0.2) is 0 Å². The molecule has 4 heteroatoms. The van der Waals surface area contributed by atoms with Crippen LogP contribution in [0.2, 0.25) is 0 Å². The Balaban J connectivity index is 1.48. The highest BCUT2D eigenvalue weighted by molar-refractivity contribution is 5.39. The molecular weight excluding hydrogens is 298 g/mol. The molecule has 3 heterocycles. The Hall–Kier alpha value is -1.91. The number of pyridine rings is 1. The van der Waals surface area contributed by atoms with Crippen molar-refractivity contribution in [2.45, 2.75) is 25.9 Å². The average Bonchev–Trinajstić information content (AvgIpc) is 3.27. The van der Waals surface area contributed by atoms with Crippen LogP contribution in [-0.4, -0.2) is 36.1 Å². The van der Waals surface area contributed by atoms with Crippen LogP contribution >= 0.6 is 0 Å². The Labute approximate surface area is 143 Å². The number of aromatic nitrogens is 1. The van der Waals surface area contributed by atoms with E-state index in [1.165, 1.54) is 23.1 Å². The lowest BCUT2D eigenvalue weighted by Crippen LogP contribution is -2.30. The van der Waals surface area contributed by atoms with E-state index in [0.29, 0.717) is 0 Å². The molecule has 0 unspecified atom stereocenters. The lowest BCUT2D eigenvalue weighted by Gasteiger charge is -2.25. The molecule has 2 aromatic rings. The highest BCUT2D eigenvalue weighted by atomic mass is 16.5. The number of hydrogen-bond acceptors (Lipinski definition) is 4. The van der Waals surface area contributed by atoms with Crippen molar-refractivity contribution < 1.29 is 4.74 Å². The summed E-state index contributed by atoms with van der Waals surface area (Å²) in [5, 5.41) is 3.48. The molecule has 2 aliphatic rings. The topological polar surface area (TPSA) is 37.4 Å². The predicted molar refractivity (Wildman–Crippen MR) is 95.0 cm³/mol. The van der Waals surface area contributed by atoms with Crippen molar-refractivity contribution in [3.05, 3.63) is 59.4 Å². The van der Waals surface area contributed by atoms with Gasteiger partial charge in [-0.1, -0.05) is 18.2 Å². The molecule has 0 radical (unpaired) electrons. The monoisotopic (exact) mass is 323 g/mol. The maximum absolute atomic E-state index is 5.63. The summed E-state index contributed by atoms with van der Waals surface area (Å²) in [5.74, 6) is 1.82. The van der Waals surface area contributed by atoms with Gasteiger partial charge in [-0.3, -0.25) is 9.88 Å². The normalized spacial score (nSPS) is 19.5. The second kappa shape index (κ2) is 7.32. The predicted octanol–water partition coefficient (Wildman–Crippen LogP) is 2.63. The molecule has 0 bridgehead atoms. The minimum absolute atomic E-state index is 0.749. The molecular formula is C20H25N3O. The minimum Gasteiger partial charge on any atom is -0.493 e. The van der Waals surface area contributed by atoms with Gasteiger partial charge in [0.1, 0.15) is 5.75 Å². The van der Waals surface area contributed by atoms with Crippen molar-refractivity contribution in [2.24, 2.45) is 5.92 Å². The summed E-state index contributed by atoms with van der Waals surface area (Å²) in [5.41, 5.74) is 4.03. The van der Waals surface area contributed by atoms with Crippen molar-refractivity contribution in [2.75, 3.05) is 26.2 Å². The molecule has 4 rings (SSSR count). The van der Waals surface area contributed by atoms with Crippen LogP contribution in [0.25, 0.3) is 0 Å². The van der Waals surface area contributed by atoms with Gasteiger partial charge in [0, 0.05) is 38.4 Å². The van der Waals surface area contributed by atoms with Crippen molar-refractivity contribution in [3.8, 4) is 5.75 Å². The second-order valence-corrected chi connectivity index (χ2v) is 6.93. The Kier molecular flexibility index (Phi) is 4.76. The summed E-state index contributed by atoms with van der Waals surface area (Å²) in [6, 6.07) is 10.9. The van der Waals surface area contributed by atoms with Crippen LogP contribution in [0, 0.1) is 5.92 Å². The summed E-state index contributed by atoms with van der Waals surface area (Å²) in [7, 11) is 0. The van der Waals surface area contributed by atoms with E-state index >= 15 is 0 Å². The van der Waals surface area contributed by atoms with Gasteiger partial charge in [0.05, 0.1) is 6.61 Å². The lowest BCUT2D eigenvalue weighted by molar-refractivity contribution is 0.220. The van der Waals surface area contributed by atoms with Gasteiger partial charge >= 0.3 is 0 Å². The SMILES string of the molecule is c1cncc(CN(Cc2ccc3c(c2)CCO3)C[C@H]2CCNC2)c1. The Bertz CT molecular complexity index is 668. The maximum Gasteiger partial charge on any atom is 0.122 e. The zero-order valence-electron chi connectivity index (χ0n) is 14.1. The van der Waals surface area contributed by atoms with E-state index < -0.39 is 0 Å². The summed E-state index contributed by atoms with van der Waals surface area (Å²) in [6.45, 7) is 6.20. The Morgan fingerprint density at radius 2 is 2.17 bits per heavy atom. The molecule has 0 saturated carbocycles. The molecule has 0 aliphatic carbocycles. The number of hydrogen-bond donors (Lipinski definition) is 1. The highest BCUT2D eigenvalue weighted by Crippen LogP contribution is 2.27. The fourth-order valence-electron chi connectivity index (χ4n) is 3.77. The van der Waals surface area contributed by atoms with Crippen molar-refractivity contribution >= 4 is 0 Å². The first-order chi connectivity index (χ1) is 11.9. The third-order valence-electron chi connectivity index (χ3n) is 4.97. The number of rotatable bonds is 6. The third-order valence-corrected chi connectivity index (χ3v) is 4.97. The van der Waals surface area contributed by atoms with E-state index in [0.717, 1.165) is 57.4 Å². The number of fused-ring (bicyclic) bond motifs is 1. The minimum atomic E-state index is 0.749. The van der Waals surface area contributed by atoms with E-state index in [9.17, 15) is 0 Å². The molecule has 1 atom stereocenters. The fourth-order valence-corrected chi connectivity index (χ4v) is 3.77. The van der Waals surface area contributed by atoms with Crippen LogP contribution in [0.1, 0.15) is 23.1 Å². The second-order valence-electron chi connectivity index (χ2n) is 6.93. The van der Waals surface area contributed by atoms with Crippen LogP contribution in [0.3, 0.4) is 0 Å². The van der Waals surface area contributed by atoms with Gasteiger partial charge in [-0.25, -0.2) is 0 Å². The van der Waals surface area contributed by atoms with Crippen LogP contribution in [0.4, 0.5) is 0 Å². The first-order valence-corrected chi connectivity index (χ1v) is 8.93. The van der Waals surface area contributed by atoms with Crippen LogP contribution < -0.4 is 10.1 Å². The molecule has 0 spiro atoms. The van der Waals surface area contributed by atoms with Crippen LogP contribution in [0.5, 0.6) is 5.75 Å². The van der Waals surface area contributed by atoms with E-state index in [2.05, 4.69) is 39.5 Å². The van der Waals surface area contributed by atoms with Crippen LogP contribution in [0.15, 0.2) is 42.7 Å². The summed E-state index contributed by atoms with van der Waals surface area (Å²) in [6.07, 6.45) is 6.14. The summed E-state index contributed by atoms with van der Waals surface area (Å²) < 4.78 is 5.63. The number of benzene rings is 1. The number of nitrogens with zero attached hydrogens (tertiary/aromatic N) is 2. The standard InChI is InChI=1S/C20H25N3O/c1-2-17(11-21-7-1)14-23(15-18-5-8-22-12-18)13-16-3-4-20-19(10-16)6-9-24-20/h1-4,7,10-11,18,22H,5-6,8-9,12-15H2/t18-/m0/s1. The van der Waals surface area contributed by atoms with Gasteiger partial charge in [0.2, 0.25) is 0 Å². The molecule has 1 N–H and O–H groups in total. The van der Waals surface area contributed by atoms with Crippen molar-refractivity contribution in [1.29, 1.82) is 0 Å². The maximum atomic E-state index is 5.63. The third kappa shape index (κ3) is 3.77. The van der Waals surface area contributed by atoms with Gasteiger partial charge in [-0.15, -0.1) is 0 Å². The number of ether oxygens (including phenoxy) is 1. The van der Waals surface area contributed by atoms with E-state index in [1.807, 2.05) is 18.5 Å². The van der Waals surface area contributed by atoms with Crippen molar-refractivity contribution in [3.63, 3.8) is 0 Å². The zero-order chi connectivity index (χ0) is 16.2. The number of nitrogens with one attached hydrogen (secondary N) is 1. The first kappa shape index (κ1) is 15.6. The fraction of sp³-hybridized carbons (Fsp3) is 0.450. The Morgan fingerprint density at radius 1 is 1.21 bits per heavy atom. The van der Waals surface area contributed by atoms with E-state index in [1.54, 1.807) is 0 Å². The highest BCUT2D eigenvalue weighted by Gasteiger charge is 2.19. The van der Waals surface area contributed by atoms with Gasteiger partial charge in [-0.2, -0.15) is 0 Å². The molecule has 1 fully saturated rings. The van der Waals surface area contributed by atoms with Gasteiger partial charge in [-0.05, 0) is 54.3 Å². The molecule has 4 nitrogen and oxygen atoms in total. The lowest BCUT2D eigenvalue weighted by atomic mass is 10.1. The van der Waals surface area contributed by atoms with Crippen LogP contribution in [-0.2, 0) is 19.5 Å². The molecule has 1 aromatic heterocycles. The largest absolute Gasteiger partial charge is 0.493 e. The summed E-state index contributed by atoms with van der Waals surface area (Å²) in [4.78, 5) is 6.83. The van der Waals surface area contributed by atoms with E-state index in [-0.39, 0.29) is 0 Å². The van der Waals surface area contributed by atoms with Crippen molar-refractivity contribution in [1.82, 2.24) is 15.2 Å². The molecule has 2 aliphatic heterocycles. The van der Waals surface area contributed by atoms with Gasteiger partial charge < -0.3 is 10.1 Å². The summed E-state index contributed by atoms with van der Waals surface area (Å²) >= 11 is 0.